The number of hydrogen-bond donors (Lipinski definition) is 2. The molecule has 0 unspecified atom stereocenters. The average Bonchev–Trinajstić information content (AvgIpc) is 3.01. The Hall–Kier alpha value is -3.80. The first kappa shape index (κ1) is 16.7. The quantitative estimate of drug-likeness (QED) is 0.291. The fourth-order valence-electron chi connectivity index (χ4n) is 2.73. The third-order valence-corrected chi connectivity index (χ3v) is 4.04. The smallest absolute Gasteiger partial charge is 0.218 e. The summed E-state index contributed by atoms with van der Waals surface area (Å²) in [6.45, 7) is 1.99. The lowest BCUT2D eigenvalue weighted by atomic mass is 10.2. The van der Waals surface area contributed by atoms with Crippen LogP contribution in [0.15, 0.2) is 88.1 Å². The van der Waals surface area contributed by atoms with E-state index in [4.69, 9.17) is 0 Å². The van der Waals surface area contributed by atoms with E-state index in [9.17, 15) is 5.11 Å². The second kappa shape index (κ2) is 7.21. The Labute approximate surface area is 156 Å². The van der Waals surface area contributed by atoms with Crippen LogP contribution in [0, 0.1) is 6.92 Å². The van der Waals surface area contributed by atoms with E-state index < -0.39 is 0 Å². The van der Waals surface area contributed by atoms with E-state index >= 15 is 0 Å². The molecule has 27 heavy (non-hydrogen) atoms. The van der Waals surface area contributed by atoms with E-state index in [1.54, 1.807) is 6.20 Å². The van der Waals surface area contributed by atoms with Crippen molar-refractivity contribution in [1.29, 1.82) is 0 Å². The minimum Gasteiger partial charge on any atom is -0.493 e. The highest BCUT2D eigenvalue weighted by molar-refractivity contribution is 6.00. The Morgan fingerprint density at radius 2 is 1.81 bits per heavy atom. The van der Waals surface area contributed by atoms with E-state index in [1.807, 2.05) is 73.7 Å². The third kappa shape index (κ3) is 3.59. The number of aromatic hydroxyl groups is 1. The van der Waals surface area contributed by atoms with Crippen LogP contribution in [0.1, 0.15) is 11.3 Å². The SMILES string of the molecule is Cc1ccc2[nH]c(O)c(N=NC(=Nc3ccccc3)c3ccccn3)c2c1. The number of aliphatic imine (C=N–C) groups is 1. The molecule has 2 heterocycles. The lowest BCUT2D eigenvalue weighted by molar-refractivity contribution is 0.459. The first-order valence-corrected chi connectivity index (χ1v) is 8.49. The number of azo groups is 1. The molecule has 0 radical (unpaired) electrons. The molecule has 0 spiro atoms. The number of H-pyrrole nitrogens is 1. The van der Waals surface area contributed by atoms with Gasteiger partial charge in [0.05, 0.1) is 11.2 Å². The van der Waals surface area contributed by atoms with Gasteiger partial charge in [-0.3, -0.25) is 4.98 Å². The number of aromatic nitrogens is 2. The van der Waals surface area contributed by atoms with Crippen molar-refractivity contribution < 1.29 is 5.11 Å². The van der Waals surface area contributed by atoms with Gasteiger partial charge in [0.2, 0.25) is 11.7 Å². The largest absolute Gasteiger partial charge is 0.493 e. The summed E-state index contributed by atoms with van der Waals surface area (Å²) in [5.74, 6) is 0.336. The molecule has 6 heteroatoms. The van der Waals surface area contributed by atoms with Gasteiger partial charge in [0.1, 0.15) is 5.69 Å². The highest BCUT2D eigenvalue weighted by atomic mass is 16.3. The van der Waals surface area contributed by atoms with Crippen molar-refractivity contribution in [2.75, 3.05) is 0 Å². The zero-order chi connectivity index (χ0) is 18.6. The summed E-state index contributed by atoms with van der Waals surface area (Å²) in [6, 6.07) is 20.8. The standard InChI is InChI=1S/C21H17N5O/c1-14-10-11-17-16(13-14)19(21(27)24-17)25-26-20(18-9-5-6-12-22-18)23-15-7-3-2-4-8-15/h2-13,24,27H,1H3. The summed E-state index contributed by atoms with van der Waals surface area (Å²) in [5.41, 5.74) is 3.59. The summed E-state index contributed by atoms with van der Waals surface area (Å²) in [5, 5.41) is 19.6. The lowest BCUT2D eigenvalue weighted by Gasteiger charge is -2.00. The number of nitrogens with one attached hydrogen (secondary N) is 1. The van der Waals surface area contributed by atoms with Gasteiger partial charge >= 0.3 is 0 Å². The molecule has 0 aliphatic carbocycles. The molecule has 4 rings (SSSR count). The minimum absolute atomic E-state index is 0.0283. The Bertz CT molecular complexity index is 1130. The molecule has 0 bridgehead atoms. The molecule has 0 amide bonds. The van der Waals surface area contributed by atoms with Crippen molar-refractivity contribution in [3.63, 3.8) is 0 Å². The summed E-state index contributed by atoms with van der Waals surface area (Å²) >= 11 is 0. The maximum absolute atomic E-state index is 10.2. The van der Waals surface area contributed by atoms with Gasteiger partial charge in [0.15, 0.2) is 5.69 Å². The van der Waals surface area contributed by atoms with Crippen molar-refractivity contribution >= 4 is 28.1 Å². The molecule has 2 N–H and O–H groups in total. The Morgan fingerprint density at radius 1 is 1.00 bits per heavy atom. The number of aromatic amines is 1. The van der Waals surface area contributed by atoms with Crippen molar-refractivity contribution in [2.24, 2.45) is 15.2 Å². The number of rotatable bonds is 3. The number of hydrogen-bond acceptors (Lipinski definition) is 4. The van der Waals surface area contributed by atoms with Crippen LogP contribution >= 0.6 is 0 Å². The van der Waals surface area contributed by atoms with Gasteiger partial charge in [0.25, 0.3) is 0 Å². The lowest BCUT2D eigenvalue weighted by Crippen LogP contribution is -1.98. The molecule has 0 fully saturated rings. The molecule has 0 aliphatic heterocycles. The first-order chi connectivity index (χ1) is 13.2. The fraction of sp³-hybridized carbons (Fsp3) is 0.0476. The molecule has 0 atom stereocenters. The zero-order valence-electron chi connectivity index (χ0n) is 14.7. The molecule has 4 aromatic rings. The van der Waals surface area contributed by atoms with Crippen molar-refractivity contribution in [3.8, 4) is 5.88 Å². The highest BCUT2D eigenvalue weighted by Gasteiger charge is 2.11. The van der Waals surface area contributed by atoms with Gasteiger partial charge < -0.3 is 10.1 Å². The molecule has 2 aromatic carbocycles. The molecule has 2 aromatic heterocycles. The topological polar surface area (TPSA) is 86.0 Å². The fourth-order valence-corrected chi connectivity index (χ4v) is 2.73. The maximum atomic E-state index is 10.2. The van der Waals surface area contributed by atoms with Gasteiger partial charge in [-0.15, -0.1) is 10.2 Å². The van der Waals surface area contributed by atoms with Crippen molar-refractivity contribution in [3.05, 3.63) is 84.2 Å². The molecule has 0 aliphatic rings. The number of benzene rings is 2. The molecule has 132 valence electrons. The second-order valence-corrected chi connectivity index (χ2v) is 6.06. The van der Waals surface area contributed by atoms with Crippen LogP contribution in [-0.4, -0.2) is 20.9 Å². The predicted molar refractivity (Wildman–Crippen MR) is 106 cm³/mol. The number of pyridine rings is 1. The summed E-state index contributed by atoms with van der Waals surface area (Å²) < 4.78 is 0. The van der Waals surface area contributed by atoms with Crippen LogP contribution in [0.3, 0.4) is 0 Å². The normalized spacial score (nSPS) is 12.1. The molecular formula is C21H17N5O. The zero-order valence-corrected chi connectivity index (χ0v) is 14.7. The molecule has 6 nitrogen and oxygen atoms in total. The van der Waals surface area contributed by atoms with Crippen LogP contribution < -0.4 is 0 Å². The van der Waals surface area contributed by atoms with E-state index in [0.29, 0.717) is 17.2 Å². The Morgan fingerprint density at radius 3 is 2.59 bits per heavy atom. The van der Waals surface area contributed by atoms with Crippen LogP contribution in [0.5, 0.6) is 5.88 Å². The highest BCUT2D eigenvalue weighted by Crippen LogP contribution is 2.36. The van der Waals surface area contributed by atoms with Gasteiger partial charge in [-0.2, -0.15) is 0 Å². The number of amidine groups is 1. The van der Waals surface area contributed by atoms with E-state index in [1.165, 1.54) is 0 Å². The number of fused-ring (bicyclic) bond motifs is 1. The van der Waals surface area contributed by atoms with Crippen LogP contribution in [0.25, 0.3) is 10.9 Å². The van der Waals surface area contributed by atoms with Crippen LogP contribution in [0.4, 0.5) is 11.4 Å². The first-order valence-electron chi connectivity index (χ1n) is 8.49. The predicted octanol–water partition coefficient (Wildman–Crippen LogP) is 5.44. The Kier molecular flexibility index (Phi) is 4.45. The third-order valence-electron chi connectivity index (χ3n) is 4.04. The van der Waals surface area contributed by atoms with E-state index in [-0.39, 0.29) is 5.88 Å². The van der Waals surface area contributed by atoms with Gasteiger partial charge in [-0.05, 0) is 43.3 Å². The number of nitrogens with zero attached hydrogens (tertiary/aromatic N) is 4. The minimum atomic E-state index is -0.0283. The van der Waals surface area contributed by atoms with Crippen molar-refractivity contribution in [2.45, 2.75) is 6.92 Å². The van der Waals surface area contributed by atoms with Crippen LogP contribution in [-0.2, 0) is 0 Å². The van der Waals surface area contributed by atoms with E-state index in [2.05, 4.69) is 25.2 Å². The Balaban J connectivity index is 1.80. The number of para-hydroxylation sites is 1. The second-order valence-electron chi connectivity index (χ2n) is 6.06. The van der Waals surface area contributed by atoms with E-state index in [0.717, 1.165) is 22.2 Å². The maximum Gasteiger partial charge on any atom is 0.218 e. The monoisotopic (exact) mass is 355 g/mol. The summed E-state index contributed by atoms with van der Waals surface area (Å²) in [6.07, 6.45) is 1.68. The van der Waals surface area contributed by atoms with Gasteiger partial charge in [-0.1, -0.05) is 35.9 Å². The molecule has 0 saturated heterocycles. The average molecular weight is 355 g/mol. The molecule has 0 saturated carbocycles. The number of aryl methyl sites for hydroxylation is 1. The summed E-state index contributed by atoms with van der Waals surface area (Å²) in [4.78, 5) is 11.8. The van der Waals surface area contributed by atoms with Crippen molar-refractivity contribution in [1.82, 2.24) is 9.97 Å². The van der Waals surface area contributed by atoms with Gasteiger partial charge in [-0.25, -0.2) is 4.99 Å². The summed E-state index contributed by atoms with van der Waals surface area (Å²) in [7, 11) is 0. The molecular weight excluding hydrogens is 338 g/mol. The van der Waals surface area contributed by atoms with Gasteiger partial charge in [0, 0.05) is 11.6 Å². The van der Waals surface area contributed by atoms with Crippen LogP contribution in [0.2, 0.25) is 0 Å².